The number of hydrazone groups is 1. The number of amides is 2. The number of halogens is 1. The second-order valence-corrected chi connectivity index (χ2v) is 8.87. The molecule has 1 N–H and O–H groups in total. The number of ether oxygens (including phenoxy) is 1. The van der Waals surface area contributed by atoms with E-state index in [0.29, 0.717) is 47.9 Å². The number of fused-ring (bicyclic) bond motifs is 1. The smallest absolute Gasteiger partial charge is 0.283 e. The highest BCUT2D eigenvalue weighted by atomic mass is 35.5. The Morgan fingerprint density at radius 3 is 2.85 bits per heavy atom. The first-order valence-electron chi connectivity index (χ1n) is 10.2. The van der Waals surface area contributed by atoms with Crippen LogP contribution < -0.4 is 0 Å². The lowest BCUT2D eigenvalue weighted by molar-refractivity contribution is -0.133. The maximum Gasteiger partial charge on any atom is 0.283 e. The average molecular weight is 484 g/mol. The van der Waals surface area contributed by atoms with Crippen LogP contribution >= 0.6 is 23.4 Å². The van der Waals surface area contributed by atoms with Gasteiger partial charge in [-0.1, -0.05) is 23.7 Å². The lowest BCUT2D eigenvalue weighted by atomic mass is 10.1. The van der Waals surface area contributed by atoms with E-state index in [-0.39, 0.29) is 28.9 Å². The largest absolute Gasteiger partial charge is 0.457 e. The monoisotopic (exact) mass is 483 g/mol. The van der Waals surface area contributed by atoms with Gasteiger partial charge in [-0.25, -0.2) is 0 Å². The van der Waals surface area contributed by atoms with Crippen molar-refractivity contribution in [3.8, 4) is 11.3 Å². The molecule has 11 heteroatoms. The van der Waals surface area contributed by atoms with Gasteiger partial charge in [0.2, 0.25) is 11.1 Å². The first-order chi connectivity index (χ1) is 16.0. The number of nitrogens with one attached hydrogen (secondary N) is 1. The number of carbonyl (C=O) groups excluding carboxylic acids is 2. The van der Waals surface area contributed by atoms with Crippen molar-refractivity contribution in [2.75, 3.05) is 26.3 Å². The van der Waals surface area contributed by atoms with Gasteiger partial charge in [0.25, 0.3) is 5.91 Å². The number of benzene rings is 1. The number of hydrogen-bond acceptors (Lipinski definition) is 7. The van der Waals surface area contributed by atoms with E-state index >= 15 is 0 Å². The lowest BCUT2D eigenvalue weighted by Gasteiger charge is -2.26. The number of rotatable bonds is 4. The topological polar surface area (TPSA) is 112 Å². The zero-order valence-electron chi connectivity index (χ0n) is 17.3. The maximum absolute atomic E-state index is 12.6. The third-order valence-electron chi connectivity index (χ3n) is 5.19. The molecule has 1 aromatic carbocycles. The molecule has 1 fully saturated rings. The van der Waals surface area contributed by atoms with Gasteiger partial charge < -0.3 is 14.1 Å². The Morgan fingerprint density at radius 2 is 2.06 bits per heavy atom. The molecule has 2 amide bonds. The molecule has 1 aromatic heterocycles. The van der Waals surface area contributed by atoms with E-state index in [9.17, 15) is 9.59 Å². The molecule has 5 rings (SSSR count). The maximum atomic E-state index is 12.6. The van der Waals surface area contributed by atoms with Gasteiger partial charge in [-0.3, -0.25) is 15.0 Å². The van der Waals surface area contributed by atoms with E-state index in [1.54, 1.807) is 29.2 Å². The average Bonchev–Trinajstić information content (AvgIpc) is 3.44. The molecular weight excluding hydrogens is 466 g/mol. The first kappa shape index (κ1) is 21.6. The molecular formula is C22H18ClN5O4S. The van der Waals surface area contributed by atoms with Crippen molar-refractivity contribution in [3.63, 3.8) is 0 Å². The van der Waals surface area contributed by atoms with E-state index in [4.69, 9.17) is 26.2 Å². The molecule has 168 valence electrons. The van der Waals surface area contributed by atoms with Gasteiger partial charge in [0.05, 0.1) is 25.2 Å². The van der Waals surface area contributed by atoms with Gasteiger partial charge in [-0.2, -0.15) is 15.1 Å². The zero-order valence-corrected chi connectivity index (χ0v) is 18.9. The van der Waals surface area contributed by atoms with E-state index in [2.05, 4.69) is 10.1 Å². The number of carbonyl (C=O) groups is 2. The van der Waals surface area contributed by atoms with Crippen molar-refractivity contribution >= 4 is 57.3 Å². The van der Waals surface area contributed by atoms with E-state index in [1.165, 1.54) is 11.1 Å². The fraction of sp³-hybridized carbons (Fsp3) is 0.227. The highest BCUT2D eigenvalue weighted by molar-refractivity contribution is 8.27. The fourth-order valence-corrected chi connectivity index (χ4v) is 4.59. The zero-order chi connectivity index (χ0) is 22.9. The molecule has 0 atom stereocenters. The molecule has 0 bridgehead atoms. The van der Waals surface area contributed by atoms with Crippen LogP contribution in [0.1, 0.15) is 12.2 Å². The van der Waals surface area contributed by atoms with Gasteiger partial charge in [0.15, 0.2) is 5.84 Å². The number of thioether (sulfide) groups is 1. The van der Waals surface area contributed by atoms with E-state index in [1.807, 2.05) is 12.1 Å². The number of amidine groups is 2. The molecule has 3 aliphatic heterocycles. The first-order valence-corrected chi connectivity index (χ1v) is 11.4. The minimum atomic E-state index is -0.560. The van der Waals surface area contributed by atoms with Crippen LogP contribution in [0.5, 0.6) is 0 Å². The Morgan fingerprint density at radius 1 is 1.24 bits per heavy atom. The van der Waals surface area contributed by atoms with Gasteiger partial charge in [0, 0.05) is 23.7 Å². The highest BCUT2D eigenvalue weighted by Crippen LogP contribution is 2.31. The highest BCUT2D eigenvalue weighted by Gasteiger charge is 2.36. The molecule has 1 saturated heterocycles. The van der Waals surface area contributed by atoms with Crippen molar-refractivity contribution in [1.82, 2.24) is 9.91 Å². The molecule has 3 aliphatic rings. The van der Waals surface area contributed by atoms with E-state index < -0.39 is 5.91 Å². The Labute approximate surface area is 198 Å². The SMILES string of the molecule is N=C1/C(=C/c2ccc(-c3cccc(Cl)c3)o2)C(=O)N=C2SC(CC(=O)N3CCOCC3)=NN12. The summed E-state index contributed by atoms with van der Waals surface area (Å²) in [6, 6.07) is 10.7. The molecule has 0 unspecified atom stereocenters. The molecule has 0 radical (unpaired) electrons. The second kappa shape index (κ2) is 8.97. The minimum Gasteiger partial charge on any atom is -0.457 e. The number of furan rings is 1. The minimum absolute atomic E-state index is 0.0517. The van der Waals surface area contributed by atoms with Crippen LogP contribution in [0.25, 0.3) is 17.4 Å². The van der Waals surface area contributed by atoms with Gasteiger partial charge in [-0.05, 0) is 42.1 Å². The van der Waals surface area contributed by atoms with Gasteiger partial charge in [-0.15, -0.1) is 0 Å². The number of morpholine rings is 1. The third kappa shape index (κ3) is 4.50. The summed E-state index contributed by atoms with van der Waals surface area (Å²) in [5, 5.41) is 15.5. The third-order valence-corrected chi connectivity index (χ3v) is 6.33. The molecule has 4 heterocycles. The van der Waals surface area contributed by atoms with Crippen molar-refractivity contribution < 1.29 is 18.7 Å². The summed E-state index contributed by atoms with van der Waals surface area (Å²) >= 11 is 7.17. The summed E-state index contributed by atoms with van der Waals surface area (Å²) < 4.78 is 11.1. The van der Waals surface area contributed by atoms with Crippen molar-refractivity contribution in [3.05, 3.63) is 52.8 Å². The summed E-state index contributed by atoms with van der Waals surface area (Å²) in [5.41, 5.74) is 0.850. The molecule has 2 aromatic rings. The Kier molecular flexibility index (Phi) is 5.88. The predicted octanol–water partition coefficient (Wildman–Crippen LogP) is 3.47. The molecule has 0 spiro atoms. The summed E-state index contributed by atoms with van der Waals surface area (Å²) in [7, 11) is 0. The lowest BCUT2D eigenvalue weighted by Crippen LogP contribution is -2.41. The van der Waals surface area contributed by atoms with Crippen LogP contribution in [-0.2, 0) is 14.3 Å². The van der Waals surface area contributed by atoms with Crippen molar-refractivity contribution in [1.29, 1.82) is 5.41 Å². The van der Waals surface area contributed by atoms with Gasteiger partial charge >= 0.3 is 0 Å². The fourth-order valence-electron chi connectivity index (χ4n) is 3.53. The number of nitrogens with zero attached hydrogens (tertiary/aromatic N) is 4. The van der Waals surface area contributed by atoms with Crippen LogP contribution in [0.2, 0.25) is 5.02 Å². The van der Waals surface area contributed by atoms with Crippen molar-refractivity contribution in [2.24, 2.45) is 10.1 Å². The van der Waals surface area contributed by atoms with Crippen LogP contribution in [0.3, 0.4) is 0 Å². The predicted molar refractivity (Wildman–Crippen MR) is 126 cm³/mol. The summed E-state index contributed by atoms with van der Waals surface area (Å²) in [6.45, 7) is 2.12. The number of aliphatic imine (C=N–C) groups is 1. The quantitative estimate of drug-likeness (QED) is 0.666. The van der Waals surface area contributed by atoms with Crippen LogP contribution in [-0.4, -0.2) is 64.1 Å². The normalized spacial score (nSPS) is 19.6. The summed E-state index contributed by atoms with van der Waals surface area (Å²) in [4.78, 5) is 30.9. The molecule has 0 saturated carbocycles. The number of hydrogen-bond donors (Lipinski definition) is 1. The Balaban J connectivity index is 1.33. The van der Waals surface area contributed by atoms with Gasteiger partial charge in [0.1, 0.15) is 16.6 Å². The standard InChI is InChI=1S/C22H18ClN5O4S/c23-14-3-1-2-13(10-14)17-5-4-15(32-17)11-16-20(24)28-22(25-21(16)30)33-18(26-28)12-19(29)27-6-8-31-9-7-27/h1-5,10-11,24H,6-9,12H2/b16-11-,24-20?. The second-order valence-electron chi connectivity index (χ2n) is 7.40. The summed E-state index contributed by atoms with van der Waals surface area (Å²) in [6.07, 6.45) is 1.55. The summed E-state index contributed by atoms with van der Waals surface area (Å²) in [5.74, 6) is 0.238. The molecule has 9 nitrogen and oxygen atoms in total. The van der Waals surface area contributed by atoms with Crippen LogP contribution in [0.4, 0.5) is 0 Å². The Hall–Kier alpha value is -3.21. The van der Waals surface area contributed by atoms with Crippen molar-refractivity contribution in [2.45, 2.75) is 6.42 Å². The van der Waals surface area contributed by atoms with Crippen LogP contribution in [0, 0.1) is 5.41 Å². The molecule has 0 aliphatic carbocycles. The van der Waals surface area contributed by atoms with Crippen LogP contribution in [0.15, 0.2) is 56.5 Å². The molecule has 33 heavy (non-hydrogen) atoms. The van der Waals surface area contributed by atoms with E-state index in [0.717, 1.165) is 17.3 Å². The Bertz CT molecular complexity index is 1240.